The van der Waals surface area contributed by atoms with Crippen LogP contribution in [-0.2, 0) is 26.6 Å². The Labute approximate surface area is 174 Å². The van der Waals surface area contributed by atoms with E-state index < -0.39 is 5.60 Å². The number of rotatable bonds is 6. The minimum Gasteiger partial charge on any atom is -0.465 e. The Morgan fingerprint density at radius 1 is 1.10 bits per heavy atom. The van der Waals surface area contributed by atoms with E-state index in [9.17, 15) is 9.59 Å². The summed E-state index contributed by atoms with van der Waals surface area (Å²) in [5.74, 6) is -0.0770. The average Bonchev–Trinajstić information content (AvgIpc) is 3.02. The second-order valence-electron chi connectivity index (χ2n) is 7.54. The zero-order valence-corrected chi connectivity index (χ0v) is 17.8. The van der Waals surface area contributed by atoms with Crippen molar-refractivity contribution in [2.24, 2.45) is 0 Å². The molecule has 1 aromatic heterocycles. The van der Waals surface area contributed by atoms with Crippen LogP contribution in [0.25, 0.3) is 11.0 Å². The van der Waals surface area contributed by atoms with Gasteiger partial charge in [0, 0.05) is 5.75 Å². The van der Waals surface area contributed by atoms with Crippen molar-refractivity contribution in [3.05, 3.63) is 59.7 Å². The van der Waals surface area contributed by atoms with Gasteiger partial charge < -0.3 is 14.0 Å². The third-order valence-electron chi connectivity index (χ3n) is 4.04. The van der Waals surface area contributed by atoms with E-state index >= 15 is 0 Å². The highest BCUT2D eigenvalue weighted by molar-refractivity contribution is 7.98. The van der Waals surface area contributed by atoms with Crippen LogP contribution in [0.4, 0.5) is 0 Å². The molecule has 0 N–H and O–H groups in total. The quantitative estimate of drug-likeness (QED) is 0.440. The van der Waals surface area contributed by atoms with Crippen molar-refractivity contribution >= 4 is 34.7 Å². The molecule has 0 amide bonds. The number of hydrogen-bond donors (Lipinski definition) is 0. The van der Waals surface area contributed by atoms with Gasteiger partial charge in [-0.05, 0) is 50.6 Å². The van der Waals surface area contributed by atoms with Crippen LogP contribution >= 0.6 is 11.8 Å². The van der Waals surface area contributed by atoms with Crippen LogP contribution < -0.4 is 0 Å². The van der Waals surface area contributed by atoms with Gasteiger partial charge in [0.05, 0.1) is 23.7 Å². The van der Waals surface area contributed by atoms with Gasteiger partial charge in [0.25, 0.3) is 0 Å². The van der Waals surface area contributed by atoms with Crippen LogP contribution in [0.15, 0.2) is 53.7 Å². The fraction of sp³-hybridized carbons (Fsp3) is 0.318. The number of carbonyl (C=O) groups is 2. The zero-order valence-electron chi connectivity index (χ0n) is 17.0. The predicted molar refractivity (Wildman–Crippen MR) is 113 cm³/mol. The molecule has 152 valence electrons. The molecule has 0 fully saturated rings. The first kappa shape index (κ1) is 20.9. The summed E-state index contributed by atoms with van der Waals surface area (Å²) in [6.45, 7) is 5.63. The van der Waals surface area contributed by atoms with E-state index in [-0.39, 0.29) is 18.5 Å². The van der Waals surface area contributed by atoms with E-state index in [2.05, 4.69) is 4.98 Å². The number of benzene rings is 2. The first-order chi connectivity index (χ1) is 13.8. The number of para-hydroxylation sites is 2. The molecule has 29 heavy (non-hydrogen) atoms. The number of fused-ring (bicyclic) bond motifs is 1. The van der Waals surface area contributed by atoms with Gasteiger partial charge in [-0.2, -0.15) is 0 Å². The molecule has 0 saturated carbocycles. The first-order valence-corrected chi connectivity index (χ1v) is 10.2. The molecule has 0 saturated heterocycles. The number of methoxy groups -OCH3 is 1. The summed E-state index contributed by atoms with van der Waals surface area (Å²) in [6, 6.07) is 15.0. The van der Waals surface area contributed by atoms with Gasteiger partial charge in [0.1, 0.15) is 12.1 Å². The minimum absolute atomic E-state index is 0.0856. The number of aromatic nitrogens is 2. The second-order valence-corrected chi connectivity index (χ2v) is 8.48. The van der Waals surface area contributed by atoms with E-state index in [1.807, 2.05) is 61.7 Å². The lowest BCUT2D eigenvalue weighted by Crippen LogP contribution is -2.26. The largest absolute Gasteiger partial charge is 0.465 e. The normalized spacial score (nSPS) is 11.4. The Balaban J connectivity index is 1.84. The highest BCUT2D eigenvalue weighted by Gasteiger charge is 2.20. The van der Waals surface area contributed by atoms with Gasteiger partial charge in [-0.1, -0.05) is 36.0 Å². The molecule has 3 rings (SSSR count). The summed E-state index contributed by atoms with van der Waals surface area (Å²) in [4.78, 5) is 28.8. The van der Waals surface area contributed by atoms with Crippen molar-refractivity contribution in [3.63, 3.8) is 0 Å². The molecule has 0 atom stereocenters. The van der Waals surface area contributed by atoms with Crippen LogP contribution in [0.2, 0.25) is 0 Å². The SMILES string of the molecule is COC(=O)c1cccc(CSc2nc3ccccc3n2CC(=O)OC(C)(C)C)c1. The summed E-state index contributed by atoms with van der Waals surface area (Å²) in [5, 5.41) is 0.723. The number of nitrogens with zero attached hydrogens (tertiary/aromatic N) is 2. The van der Waals surface area contributed by atoms with E-state index in [0.717, 1.165) is 21.8 Å². The van der Waals surface area contributed by atoms with E-state index in [1.54, 1.807) is 12.1 Å². The van der Waals surface area contributed by atoms with Gasteiger partial charge >= 0.3 is 11.9 Å². The lowest BCUT2D eigenvalue weighted by molar-refractivity contribution is -0.155. The maximum Gasteiger partial charge on any atom is 0.337 e. The Hall–Kier alpha value is -2.80. The maximum absolute atomic E-state index is 12.4. The van der Waals surface area contributed by atoms with E-state index in [4.69, 9.17) is 9.47 Å². The maximum atomic E-state index is 12.4. The van der Waals surface area contributed by atoms with Gasteiger partial charge in [-0.3, -0.25) is 4.79 Å². The Morgan fingerprint density at radius 2 is 1.86 bits per heavy atom. The molecule has 0 unspecified atom stereocenters. The van der Waals surface area contributed by atoms with E-state index in [0.29, 0.717) is 11.3 Å². The first-order valence-electron chi connectivity index (χ1n) is 9.24. The van der Waals surface area contributed by atoms with Crippen molar-refractivity contribution in [1.82, 2.24) is 9.55 Å². The highest BCUT2D eigenvalue weighted by atomic mass is 32.2. The van der Waals surface area contributed by atoms with Gasteiger partial charge in [-0.25, -0.2) is 9.78 Å². The number of ether oxygens (including phenoxy) is 2. The standard InChI is InChI=1S/C22H24N2O4S/c1-22(2,3)28-19(25)13-24-18-11-6-5-10-17(18)23-21(24)29-14-15-8-7-9-16(12-15)20(26)27-4/h5-12H,13-14H2,1-4H3. The van der Waals surface area contributed by atoms with Gasteiger partial charge in [0.15, 0.2) is 5.16 Å². The summed E-state index contributed by atoms with van der Waals surface area (Å²) >= 11 is 1.51. The van der Waals surface area contributed by atoms with Crippen LogP contribution in [0, 0.1) is 0 Å². The van der Waals surface area contributed by atoms with Crippen LogP contribution in [0.5, 0.6) is 0 Å². The predicted octanol–water partition coefficient (Wildman–Crippen LogP) is 4.46. The van der Waals surface area contributed by atoms with Crippen LogP contribution in [-0.4, -0.2) is 34.2 Å². The number of hydrogen-bond acceptors (Lipinski definition) is 6. The molecule has 0 spiro atoms. The molecule has 2 aromatic carbocycles. The molecular formula is C22H24N2O4S. The third kappa shape index (κ3) is 5.38. The Morgan fingerprint density at radius 3 is 2.59 bits per heavy atom. The third-order valence-corrected chi connectivity index (χ3v) is 5.09. The molecular weight excluding hydrogens is 388 g/mol. The molecule has 0 bridgehead atoms. The second kappa shape index (κ2) is 8.69. The van der Waals surface area contributed by atoms with Crippen LogP contribution in [0.3, 0.4) is 0 Å². The molecule has 0 aliphatic heterocycles. The molecule has 1 heterocycles. The fourth-order valence-electron chi connectivity index (χ4n) is 2.87. The van der Waals surface area contributed by atoms with E-state index in [1.165, 1.54) is 18.9 Å². The lowest BCUT2D eigenvalue weighted by Gasteiger charge is -2.20. The molecule has 0 radical (unpaired) electrons. The fourth-order valence-corrected chi connectivity index (χ4v) is 3.83. The zero-order chi connectivity index (χ0) is 21.0. The minimum atomic E-state index is -0.547. The Kier molecular flexibility index (Phi) is 6.27. The number of thioether (sulfide) groups is 1. The average molecular weight is 413 g/mol. The van der Waals surface area contributed by atoms with Gasteiger partial charge in [0.2, 0.25) is 0 Å². The number of imidazole rings is 1. The number of carbonyl (C=O) groups excluding carboxylic acids is 2. The highest BCUT2D eigenvalue weighted by Crippen LogP contribution is 2.27. The summed E-state index contributed by atoms with van der Waals surface area (Å²) < 4.78 is 12.1. The van der Waals surface area contributed by atoms with Crippen molar-refractivity contribution in [2.45, 2.75) is 43.8 Å². The molecule has 3 aromatic rings. The summed E-state index contributed by atoms with van der Waals surface area (Å²) in [6.07, 6.45) is 0. The van der Waals surface area contributed by atoms with Crippen LogP contribution in [0.1, 0.15) is 36.7 Å². The molecule has 0 aliphatic rings. The summed E-state index contributed by atoms with van der Waals surface area (Å²) in [5.41, 5.74) is 2.63. The monoisotopic (exact) mass is 412 g/mol. The smallest absolute Gasteiger partial charge is 0.337 e. The lowest BCUT2D eigenvalue weighted by atomic mass is 10.1. The summed E-state index contributed by atoms with van der Waals surface area (Å²) in [7, 11) is 1.36. The van der Waals surface area contributed by atoms with Crippen molar-refractivity contribution in [3.8, 4) is 0 Å². The topological polar surface area (TPSA) is 70.4 Å². The van der Waals surface area contributed by atoms with Crippen molar-refractivity contribution in [2.75, 3.05) is 7.11 Å². The molecule has 7 heteroatoms. The molecule has 0 aliphatic carbocycles. The van der Waals surface area contributed by atoms with Crippen molar-refractivity contribution in [1.29, 1.82) is 0 Å². The van der Waals surface area contributed by atoms with Crippen molar-refractivity contribution < 1.29 is 19.1 Å². The molecule has 6 nitrogen and oxygen atoms in total. The Bertz CT molecular complexity index is 1040. The van der Waals surface area contributed by atoms with Gasteiger partial charge in [-0.15, -0.1) is 0 Å². The number of esters is 2.